The van der Waals surface area contributed by atoms with E-state index < -0.39 is 11.0 Å². The number of rotatable bonds is 5. The van der Waals surface area contributed by atoms with E-state index >= 15 is 0 Å². The van der Waals surface area contributed by atoms with Crippen LogP contribution in [-0.2, 0) is 11.8 Å². The number of aromatic nitrogens is 2. The number of carbonyl (C=O) groups excluding carboxylic acids is 1. The molecule has 1 aliphatic carbocycles. The van der Waals surface area contributed by atoms with Crippen molar-refractivity contribution in [2.24, 2.45) is 7.05 Å². The Bertz CT molecular complexity index is 480. The summed E-state index contributed by atoms with van der Waals surface area (Å²) in [6, 6.07) is -0.275. The van der Waals surface area contributed by atoms with Crippen LogP contribution in [0.1, 0.15) is 19.8 Å². The van der Waals surface area contributed by atoms with E-state index in [2.05, 4.69) is 15.6 Å². The van der Waals surface area contributed by atoms with E-state index in [0.717, 1.165) is 12.8 Å². The molecule has 0 aromatic carbocycles. The molecule has 0 aliphatic heterocycles. The van der Waals surface area contributed by atoms with Crippen LogP contribution in [0.25, 0.3) is 0 Å². The van der Waals surface area contributed by atoms with Crippen molar-refractivity contribution < 1.29 is 9.72 Å². The molecule has 1 saturated carbocycles. The molecule has 0 radical (unpaired) electrons. The molecule has 1 aromatic rings. The largest absolute Gasteiger partial charge is 0.406 e. The van der Waals surface area contributed by atoms with E-state index in [1.54, 1.807) is 14.0 Å². The smallest absolute Gasteiger partial charge is 0.358 e. The predicted octanol–water partition coefficient (Wildman–Crippen LogP) is 0.407. The summed E-state index contributed by atoms with van der Waals surface area (Å²) in [4.78, 5) is 25.6. The Labute approximate surface area is 104 Å². The number of anilines is 1. The van der Waals surface area contributed by atoms with Crippen molar-refractivity contribution in [3.05, 3.63) is 16.4 Å². The summed E-state index contributed by atoms with van der Waals surface area (Å²) in [6.45, 7) is 1.66. The molecule has 1 aliphatic rings. The molecule has 0 saturated heterocycles. The van der Waals surface area contributed by atoms with Gasteiger partial charge < -0.3 is 20.7 Å². The molecular formula is C10H15N5O3. The Morgan fingerprint density at radius 1 is 1.67 bits per heavy atom. The number of nitrogens with zero attached hydrogens (tertiary/aromatic N) is 3. The van der Waals surface area contributed by atoms with Crippen molar-refractivity contribution in [2.75, 3.05) is 5.32 Å². The average Bonchev–Trinajstić information content (AvgIpc) is 3.03. The first-order valence-corrected chi connectivity index (χ1v) is 5.71. The Kier molecular flexibility index (Phi) is 3.17. The lowest BCUT2D eigenvalue weighted by Crippen LogP contribution is -2.39. The zero-order valence-electron chi connectivity index (χ0n) is 10.2. The second-order valence-corrected chi connectivity index (χ2v) is 4.43. The summed E-state index contributed by atoms with van der Waals surface area (Å²) >= 11 is 0. The average molecular weight is 253 g/mol. The summed E-state index contributed by atoms with van der Waals surface area (Å²) in [5, 5.41) is 16.4. The van der Waals surface area contributed by atoms with Crippen molar-refractivity contribution in [3.63, 3.8) is 0 Å². The first kappa shape index (κ1) is 12.3. The fourth-order valence-corrected chi connectivity index (χ4v) is 1.54. The lowest BCUT2D eigenvalue weighted by atomic mass is 10.3. The van der Waals surface area contributed by atoms with Gasteiger partial charge in [-0.05, 0) is 29.7 Å². The monoisotopic (exact) mass is 253 g/mol. The van der Waals surface area contributed by atoms with Crippen LogP contribution in [0.3, 0.4) is 0 Å². The number of hydrogen-bond donors (Lipinski definition) is 2. The lowest BCUT2D eigenvalue weighted by Gasteiger charge is -2.14. The molecule has 1 atom stereocenters. The Balaban J connectivity index is 2.05. The van der Waals surface area contributed by atoms with Crippen LogP contribution in [0.4, 0.5) is 11.6 Å². The molecule has 2 rings (SSSR count). The van der Waals surface area contributed by atoms with E-state index in [9.17, 15) is 14.9 Å². The number of carbonyl (C=O) groups is 1. The van der Waals surface area contributed by atoms with E-state index in [4.69, 9.17) is 0 Å². The Hall–Kier alpha value is -2.12. The normalized spacial score (nSPS) is 16.1. The van der Waals surface area contributed by atoms with Crippen molar-refractivity contribution >= 4 is 17.5 Å². The SMILES string of the molecule is CC(Nc1c([N+](=O)[O-])ncn1C)C(=O)NC1CC1. The molecule has 1 fully saturated rings. The molecule has 1 amide bonds. The zero-order valence-corrected chi connectivity index (χ0v) is 10.2. The Morgan fingerprint density at radius 2 is 2.33 bits per heavy atom. The highest BCUT2D eigenvalue weighted by Crippen LogP contribution is 2.22. The highest BCUT2D eigenvalue weighted by atomic mass is 16.6. The third-order valence-corrected chi connectivity index (χ3v) is 2.76. The van der Waals surface area contributed by atoms with Crippen LogP contribution in [0.15, 0.2) is 6.33 Å². The minimum absolute atomic E-state index is 0.159. The van der Waals surface area contributed by atoms with Crippen LogP contribution in [-0.4, -0.2) is 32.5 Å². The van der Waals surface area contributed by atoms with E-state index in [0.29, 0.717) is 0 Å². The van der Waals surface area contributed by atoms with Crippen molar-refractivity contribution in [2.45, 2.75) is 31.8 Å². The summed E-state index contributed by atoms with van der Waals surface area (Å²) in [6.07, 6.45) is 3.35. The van der Waals surface area contributed by atoms with Gasteiger partial charge in [0.1, 0.15) is 6.04 Å². The van der Waals surface area contributed by atoms with Gasteiger partial charge in [0.05, 0.1) is 0 Å². The maximum absolute atomic E-state index is 11.7. The standard InChI is InChI=1S/C10H15N5O3/c1-6(10(16)13-7-3-4-7)12-9-8(15(17)18)11-5-14(9)2/h5-7,12H,3-4H2,1-2H3,(H,13,16). The maximum Gasteiger partial charge on any atom is 0.406 e. The minimum atomic E-state index is -0.576. The van der Waals surface area contributed by atoms with Crippen LogP contribution >= 0.6 is 0 Å². The molecule has 2 N–H and O–H groups in total. The molecule has 1 heterocycles. The predicted molar refractivity (Wildman–Crippen MR) is 64.1 cm³/mol. The summed E-state index contributed by atoms with van der Waals surface area (Å²) in [5.41, 5.74) is 0. The first-order chi connectivity index (χ1) is 8.49. The summed E-state index contributed by atoms with van der Waals surface area (Å²) < 4.78 is 1.49. The van der Waals surface area contributed by atoms with Gasteiger partial charge in [-0.15, -0.1) is 0 Å². The number of nitro groups is 1. The van der Waals surface area contributed by atoms with Crippen molar-refractivity contribution in [1.29, 1.82) is 0 Å². The third kappa shape index (κ3) is 2.58. The van der Waals surface area contributed by atoms with E-state index in [-0.39, 0.29) is 23.6 Å². The molecule has 8 nitrogen and oxygen atoms in total. The highest BCUT2D eigenvalue weighted by molar-refractivity contribution is 5.84. The second-order valence-electron chi connectivity index (χ2n) is 4.43. The quantitative estimate of drug-likeness (QED) is 0.584. The van der Waals surface area contributed by atoms with Gasteiger partial charge in [-0.1, -0.05) is 0 Å². The molecule has 18 heavy (non-hydrogen) atoms. The molecule has 1 aromatic heterocycles. The first-order valence-electron chi connectivity index (χ1n) is 5.71. The number of amides is 1. The van der Waals surface area contributed by atoms with Crippen LogP contribution < -0.4 is 10.6 Å². The van der Waals surface area contributed by atoms with E-state index in [1.165, 1.54) is 10.9 Å². The van der Waals surface area contributed by atoms with Crippen molar-refractivity contribution in [1.82, 2.24) is 14.9 Å². The van der Waals surface area contributed by atoms with Gasteiger partial charge in [0, 0.05) is 13.1 Å². The Morgan fingerprint density at radius 3 is 2.89 bits per heavy atom. The lowest BCUT2D eigenvalue weighted by molar-refractivity contribution is -0.388. The fourth-order valence-electron chi connectivity index (χ4n) is 1.54. The van der Waals surface area contributed by atoms with E-state index in [1.807, 2.05) is 0 Å². The van der Waals surface area contributed by atoms with Gasteiger partial charge >= 0.3 is 5.82 Å². The summed E-state index contributed by atoms with van der Waals surface area (Å²) in [7, 11) is 1.63. The number of hydrogen-bond acceptors (Lipinski definition) is 5. The molecule has 0 bridgehead atoms. The third-order valence-electron chi connectivity index (χ3n) is 2.76. The second kappa shape index (κ2) is 4.63. The topological polar surface area (TPSA) is 102 Å². The van der Waals surface area contributed by atoms with Gasteiger partial charge in [0.2, 0.25) is 18.1 Å². The zero-order chi connectivity index (χ0) is 13.3. The number of nitrogens with one attached hydrogen (secondary N) is 2. The van der Waals surface area contributed by atoms with Crippen molar-refractivity contribution in [3.8, 4) is 0 Å². The van der Waals surface area contributed by atoms with Crippen LogP contribution in [0.5, 0.6) is 0 Å². The highest BCUT2D eigenvalue weighted by Gasteiger charge is 2.28. The molecule has 98 valence electrons. The molecule has 8 heteroatoms. The summed E-state index contributed by atoms with van der Waals surface area (Å²) in [5.74, 6) is -0.199. The molecule has 0 spiro atoms. The molecule has 1 unspecified atom stereocenters. The molecular weight excluding hydrogens is 238 g/mol. The van der Waals surface area contributed by atoms with Gasteiger partial charge in [-0.3, -0.25) is 9.36 Å². The minimum Gasteiger partial charge on any atom is -0.358 e. The van der Waals surface area contributed by atoms with Gasteiger partial charge in [0.25, 0.3) is 0 Å². The van der Waals surface area contributed by atoms with Gasteiger partial charge in [-0.2, -0.15) is 0 Å². The fraction of sp³-hybridized carbons (Fsp3) is 0.600. The number of imidazole rings is 1. The van der Waals surface area contributed by atoms with Gasteiger partial charge in [-0.25, -0.2) is 0 Å². The number of aryl methyl sites for hydroxylation is 1. The van der Waals surface area contributed by atoms with Gasteiger partial charge in [0.15, 0.2) is 0 Å². The maximum atomic E-state index is 11.7. The van der Waals surface area contributed by atoms with Crippen LogP contribution in [0.2, 0.25) is 0 Å². The van der Waals surface area contributed by atoms with Crippen LogP contribution in [0, 0.1) is 10.1 Å².